The van der Waals surface area contributed by atoms with E-state index < -0.39 is 17.7 Å². The average Bonchev–Trinajstić information content (AvgIpc) is 2.99. The molecule has 2 rings (SSSR count). The Balaban J connectivity index is 2.05. The van der Waals surface area contributed by atoms with Gasteiger partial charge in [0.1, 0.15) is 5.69 Å². The molecule has 0 aromatic heterocycles. The number of amides is 2. The number of aliphatic hydroxyl groups excluding tert-OH is 1. The predicted molar refractivity (Wildman–Crippen MR) is 90.3 cm³/mol. The van der Waals surface area contributed by atoms with Crippen molar-refractivity contribution in [3.05, 3.63) is 23.8 Å². The summed E-state index contributed by atoms with van der Waals surface area (Å²) < 4.78 is 28.5. The minimum absolute atomic E-state index is 0.0289. The van der Waals surface area contributed by atoms with Crippen LogP contribution in [0.2, 0.25) is 0 Å². The first kappa shape index (κ1) is 18.4. The van der Waals surface area contributed by atoms with E-state index in [4.69, 9.17) is 5.11 Å². The Morgan fingerprint density at radius 2 is 1.83 bits per heavy atom. The molecule has 1 atom stereocenters. The highest BCUT2D eigenvalue weighted by molar-refractivity contribution is 5.89. The molecular weight excluding hydrogens is 316 g/mol. The highest BCUT2D eigenvalue weighted by Gasteiger charge is 2.22. The third-order valence-electron chi connectivity index (χ3n) is 4.26. The first-order valence-corrected chi connectivity index (χ1v) is 8.34. The lowest BCUT2D eigenvalue weighted by Crippen LogP contribution is -2.41. The van der Waals surface area contributed by atoms with Crippen LogP contribution in [0.5, 0.6) is 0 Å². The molecule has 5 nitrogen and oxygen atoms in total. The van der Waals surface area contributed by atoms with Gasteiger partial charge in [0.05, 0.1) is 0 Å². The number of aliphatic hydroxyl groups is 1. The Morgan fingerprint density at radius 3 is 2.33 bits per heavy atom. The number of halogens is 2. The van der Waals surface area contributed by atoms with Gasteiger partial charge in [-0.1, -0.05) is 13.8 Å². The number of rotatable bonds is 6. The van der Waals surface area contributed by atoms with Crippen molar-refractivity contribution >= 4 is 17.4 Å². The number of nitrogens with zero attached hydrogens (tertiary/aromatic N) is 1. The number of hydrogen-bond acceptors (Lipinski definition) is 3. The Morgan fingerprint density at radius 1 is 1.25 bits per heavy atom. The Hall–Kier alpha value is -1.89. The van der Waals surface area contributed by atoms with Gasteiger partial charge in [0.15, 0.2) is 11.6 Å². The fourth-order valence-electron chi connectivity index (χ4n) is 2.93. The molecule has 0 radical (unpaired) electrons. The van der Waals surface area contributed by atoms with Gasteiger partial charge >= 0.3 is 6.03 Å². The van der Waals surface area contributed by atoms with Crippen LogP contribution in [-0.4, -0.2) is 36.9 Å². The summed E-state index contributed by atoms with van der Waals surface area (Å²) in [5.74, 6) is -1.22. The van der Waals surface area contributed by atoms with Crippen molar-refractivity contribution in [1.29, 1.82) is 0 Å². The summed E-state index contributed by atoms with van der Waals surface area (Å²) >= 11 is 0. The summed E-state index contributed by atoms with van der Waals surface area (Å²) in [4.78, 5) is 13.7. The van der Waals surface area contributed by atoms with Crippen LogP contribution in [0.4, 0.5) is 25.0 Å². The van der Waals surface area contributed by atoms with E-state index in [1.54, 1.807) is 4.90 Å². The van der Waals surface area contributed by atoms with E-state index in [0.29, 0.717) is 19.5 Å². The molecule has 1 aliphatic rings. The monoisotopic (exact) mass is 341 g/mol. The topological polar surface area (TPSA) is 64.6 Å². The van der Waals surface area contributed by atoms with Crippen molar-refractivity contribution in [1.82, 2.24) is 5.32 Å². The first-order chi connectivity index (χ1) is 11.4. The zero-order chi connectivity index (χ0) is 17.7. The number of benzene rings is 1. The van der Waals surface area contributed by atoms with Gasteiger partial charge in [-0.3, -0.25) is 0 Å². The van der Waals surface area contributed by atoms with Gasteiger partial charge in [-0.05, 0) is 37.3 Å². The van der Waals surface area contributed by atoms with Crippen LogP contribution in [0.1, 0.15) is 33.1 Å². The second-order valence-electron chi connectivity index (χ2n) is 6.44. The van der Waals surface area contributed by atoms with Crippen LogP contribution in [0.15, 0.2) is 12.1 Å². The van der Waals surface area contributed by atoms with Gasteiger partial charge in [0, 0.05) is 31.4 Å². The van der Waals surface area contributed by atoms with Crippen LogP contribution in [0.25, 0.3) is 0 Å². The summed E-state index contributed by atoms with van der Waals surface area (Å²) in [6.45, 7) is 5.07. The van der Waals surface area contributed by atoms with Crippen LogP contribution in [0, 0.1) is 17.6 Å². The molecular formula is C17H25F2N3O2. The molecule has 1 unspecified atom stereocenters. The summed E-state index contributed by atoms with van der Waals surface area (Å²) in [5, 5.41) is 14.2. The summed E-state index contributed by atoms with van der Waals surface area (Å²) in [7, 11) is 0. The number of carbonyl (C=O) groups excluding carboxylic acids is 1. The zero-order valence-corrected chi connectivity index (χ0v) is 14.1. The van der Waals surface area contributed by atoms with Crippen LogP contribution in [0.3, 0.4) is 0 Å². The molecule has 1 aromatic carbocycles. The Bertz CT molecular complexity index is 552. The van der Waals surface area contributed by atoms with Crippen molar-refractivity contribution in [2.75, 3.05) is 29.9 Å². The highest BCUT2D eigenvalue weighted by atomic mass is 19.1. The van der Waals surface area contributed by atoms with Crippen molar-refractivity contribution in [2.24, 2.45) is 5.92 Å². The maximum Gasteiger partial charge on any atom is 0.319 e. The fraction of sp³-hybridized carbons (Fsp3) is 0.588. The van der Waals surface area contributed by atoms with Gasteiger partial charge in [0.25, 0.3) is 0 Å². The summed E-state index contributed by atoms with van der Waals surface area (Å²) in [5.41, 5.74) is 0.0377. The average molecular weight is 341 g/mol. The van der Waals surface area contributed by atoms with Crippen molar-refractivity contribution < 1.29 is 18.7 Å². The summed E-state index contributed by atoms with van der Waals surface area (Å²) in [6, 6.07) is 1.50. The number of nitrogens with one attached hydrogen (secondary N) is 2. The number of carbonyl (C=O) groups is 1. The van der Waals surface area contributed by atoms with E-state index in [1.165, 1.54) is 0 Å². The smallest absolute Gasteiger partial charge is 0.319 e. The maximum atomic E-state index is 14.2. The molecule has 1 saturated heterocycles. The number of urea groups is 1. The van der Waals surface area contributed by atoms with Gasteiger partial charge in [-0.15, -0.1) is 0 Å². The van der Waals surface area contributed by atoms with Crippen LogP contribution < -0.4 is 15.5 Å². The summed E-state index contributed by atoms with van der Waals surface area (Å²) in [6.07, 6.45) is 2.26. The molecule has 0 saturated carbocycles. The van der Waals surface area contributed by atoms with E-state index in [0.717, 1.165) is 25.0 Å². The van der Waals surface area contributed by atoms with Crippen LogP contribution in [-0.2, 0) is 0 Å². The van der Waals surface area contributed by atoms with Gasteiger partial charge in [0.2, 0.25) is 0 Å². The molecule has 7 heteroatoms. The predicted octanol–water partition coefficient (Wildman–Crippen LogP) is 3.09. The minimum Gasteiger partial charge on any atom is -0.396 e. The molecule has 0 aliphatic carbocycles. The lowest BCUT2D eigenvalue weighted by Gasteiger charge is -2.22. The van der Waals surface area contributed by atoms with Crippen LogP contribution >= 0.6 is 0 Å². The second kappa shape index (κ2) is 8.28. The molecule has 1 heterocycles. The van der Waals surface area contributed by atoms with E-state index >= 15 is 0 Å². The van der Waals surface area contributed by atoms with Crippen molar-refractivity contribution in [3.8, 4) is 0 Å². The number of anilines is 2. The third kappa shape index (κ3) is 4.56. The molecule has 0 spiro atoms. The van der Waals surface area contributed by atoms with Crippen molar-refractivity contribution in [3.63, 3.8) is 0 Å². The standard InChI is InChI=1S/C17H25F2N3O2/c1-11(2)15(5-8-23)21-17(24)20-12-9-13(18)16(14(19)10-12)22-6-3-4-7-22/h9-11,15,23H,3-8H2,1-2H3,(H2,20,21,24). The molecule has 1 aromatic rings. The third-order valence-corrected chi connectivity index (χ3v) is 4.26. The van der Waals surface area contributed by atoms with Gasteiger partial charge in [-0.2, -0.15) is 0 Å². The molecule has 134 valence electrons. The quantitative estimate of drug-likeness (QED) is 0.745. The second-order valence-corrected chi connectivity index (χ2v) is 6.44. The van der Waals surface area contributed by atoms with E-state index in [1.807, 2.05) is 13.8 Å². The lowest BCUT2D eigenvalue weighted by molar-refractivity contribution is 0.227. The maximum absolute atomic E-state index is 14.2. The van der Waals surface area contributed by atoms with Gasteiger partial charge in [-0.25, -0.2) is 13.6 Å². The highest BCUT2D eigenvalue weighted by Crippen LogP contribution is 2.29. The molecule has 2 amide bonds. The largest absolute Gasteiger partial charge is 0.396 e. The molecule has 3 N–H and O–H groups in total. The fourth-order valence-corrected chi connectivity index (χ4v) is 2.93. The first-order valence-electron chi connectivity index (χ1n) is 8.34. The van der Waals surface area contributed by atoms with Crippen molar-refractivity contribution in [2.45, 2.75) is 39.2 Å². The van der Waals surface area contributed by atoms with E-state index in [-0.39, 0.29) is 29.9 Å². The molecule has 24 heavy (non-hydrogen) atoms. The molecule has 1 aliphatic heterocycles. The SMILES string of the molecule is CC(C)C(CCO)NC(=O)Nc1cc(F)c(N2CCCC2)c(F)c1. The van der Waals surface area contributed by atoms with Gasteiger partial charge < -0.3 is 20.6 Å². The number of hydrogen-bond donors (Lipinski definition) is 3. The van der Waals surface area contributed by atoms with E-state index in [9.17, 15) is 13.6 Å². The zero-order valence-electron chi connectivity index (χ0n) is 14.1. The minimum atomic E-state index is -0.678. The molecule has 1 fully saturated rings. The molecule has 0 bridgehead atoms. The van der Waals surface area contributed by atoms with E-state index in [2.05, 4.69) is 10.6 Å². The Kier molecular flexibility index (Phi) is 6.36. The Labute approximate surface area is 141 Å². The normalized spacial score (nSPS) is 15.7. The lowest BCUT2D eigenvalue weighted by atomic mass is 10.0.